The van der Waals surface area contributed by atoms with Gasteiger partial charge in [-0.1, -0.05) is 12.1 Å². The molecule has 0 aromatic carbocycles. The van der Waals surface area contributed by atoms with E-state index < -0.39 is 5.54 Å². The molecule has 0 atom stereocenters. The zero-order valence-corrected chi connectivity index (χ0v) is 17.9. The second-order valence-corrected chi connectivity index (χ2v) is 8.12. The second-order valence-electron chi connectivity index (χ2n) is 8.12. The van der Waals surface area contributed by atoms with Gasteiger partial charge in [-0.15, -0.1) is 0 Å². The van der Waals surface area contributed by atoms with Crippen LogP contribution in [0.4, 0.5) is 4.79 Å². The van der Waals surface area contributed by atoms with Crippen molar-refractivity contribution in [1.82, 2.24) is 24.7 Å². The van der Waals surface area contributed by atoms with Crippen molar-refractivity contribution < 1.29 is 14.3 Å². The molecule has 4 rings (SSSR count). The van der Waals surface area contributed by atoms with Gasteiger partial charge in [0, 0.05) is 52.3 Å². The van der Waals surface area contributed by atoms with Gasteiger partial charge in [0.15, 0.2) is 0 Å². The molecule has 164 valence electrons. The molecule has 0 bridgehead atoms. The lowest BCUT2D eigenvalue weighted by molar-refractivity contribution is -0.136. The highest BCUT2D eigenvalue weighted by atomic mass is 16.5. The molecule has 2 aromatic rings. The predicted octanol–water partition coefficient (Wildman–Crippen LogP) is 2.31. The smallest absolute Gasteiger partial charge is 0.328 e. The molecule has 0 aliphatic carbocycles. The van der Waals surface area contributed by atoms with E-state index in [0.717, 1.165) is 25.3 Å². The molecule has 1 spiro atoms. The molecule has 2 fully saturated rings. The number of piperidine rings is 1. The predicted molar refractivity (Wildman–Crippen MR) is 115 cm³/mol. The van der Waals surface area contributed by atoms with E-state index in [-0.39, 0.29) is 18.5 Å². The Hall–Kier alpha value is -2.84. The Labute approximate surface area is 182 Å². The van der Waals surface area contributed by atoms with Crippen molar-refractivity contribution in [1.29, 1.82) is 0 Å². The largest absolute Gasteiger partial charge is 0.385 e. The Morgan fingerprint density at radius 2 is 1.61 bits per heavy atom. The zero-order valence-electron chi connectivity index (χ0n) is 17.9. The Balaban J connectivity index is 1.50. The standard InChI is InChI=1S/C23H29N5O3/c1-31-16-6-13-28-22(30)27(18-20-8-3-5-12-25-20)21(29)23(28)9-14-26(15-10-23)17-19-7-2-4-11-24-19/h2-5,7-8,11-12H,6,9-10,13-18H2,1H3. The number of carbonyl (C=O) groups is 2. The molecule has 2 saturated heterocycles. The van der Waals surface area contributed by atoms with Crippen LogP contribution in [-0.2, 0) is 22.6 Å². The van der Waals surface area contributed by atoms with Crippen LogP contribution in [0.2, 0.25) is 0 Å². The lowest BCUT2D eigenvalue weighted by atomic mass is 9.85. The maximum atomic E-state index is 13.6. The van der Waals surface area contributed by atoms with E-state index in [9.17, 15) is 9.59 Å². The summed E-state index contributed by atoms with van der Waals surface area (Å²) in [6.45, 7) is 3.51. The van der Waals surface area contributed by atoms with Crippen LogP contribution in [0.15, 0.2) is 48.8 Å². The molecular weight excluding hydrogens is 394 g/mol. The molecule has 0 N–H and O–H groups in total. The van der Waals surface area contributed by atoms with Crippen LogP contribution in [0.1, 0.15) is 30.7 Å². The van der Waals surface area contributed by atoms with E-state index in [0.29, 0.717) is 38.1 Å². The minimum absolute atomic E-state index is 0.0990. The number of nitrogens with zero attached hydrogens (tertiary/aromatic N) is 5. The minimum Gasteiger partial charge on any atom is -0.385 e. The summed E-state index contributed by atoms with van der Waals surface area (Å²) in [7, 11) is 1.65. The fourth-order valence-corrected chi connectivity index (χ4v) is 4.54. The van der Waals surface area contributed by atoms with Crippen LogP contribution >= 0.6 is 0 Å². The quantitative estimate of drug-likeness (QED) is 0.479. The van der Waals surface area contributed by atoms with Gasteiger partial charge < -0.3 is 9.64 Å². The summed E-state index contributed by atoms with van der Waals surface area (Å²) < 4.78 is 5.18. The first-order valence-corrected chi connectivity index (χ1v) is 10.8. The van der Waals surface area contributed by atoms with Crippen LogP contribution in [0, 0.1) is 0 Å². The number of aromatic nitrogens is 2. The summed E-state index contributed by atoms with van der Waals surface area (Å²) in [4.78, 5) is 41.1. The third kappa shape index (κ3) is 4.45. The van der Waals surface area contributed by atoms with Gasteiger partial charge in [-0.3, -0.25) is 24.6 Å². The van der Waals surface area contributed by atoms with Gasteiger partial charge in [-0.2, -0.15) is 0 Å². The molecule has 2 aromatic heterocycles. The number of hydrogen-bond acceptors (Lipinski definition) is 6. The molecule has 8 heteroatoms. The highest BCUT2D eigenvalue weighted by Gasteiger charge is 2.57. The van der Waals surface area contributed by atoms with Gasteiger partial charge in [0.05, 0.1) is 17.9 Å². The number of likely N-dealkylation sites (tertiary alicyclic amines) is 1. The van der Waals surface area contributed by atoms with Gasteiger partial charge in [-0.05, 0) is 43.5 Å². The number of imide groups is 1. The summed E-state index contributed by atoms with van der Waals surface area (Å²) in [5.74, 6) is -0.0990. The molecule has 2 aliphatic heterocycles. The van der Waals surface area contributed by atoms with E-state index in [1.807, 2.05) is 36.4 Å². The Bertz CT molecular complexity index is 885. The van der Waals surface area contributed by atoms with Crippen LogP contribution < -0.4 is 0 Å². The highest BCUT2D eigenvalue weighted by molar-refractivity contribution is 6.07. The van der Waals surface area contributed by atoms with Crippen molar-refractivity contribution in [2.45, 2.75) is 37.9 Å². The molecule has 0 unspecified atom stereocenters. The van der Waals surface area contributed by atoms with Crippen molar-refractivity contribution in [3.63, 3.8) is 0 Å². The Kier molecular flexibility index (Phi) is 6.58. The topological polar surface area (TPSA) is 78.9 Å². The monoisotopic (exact) mass is 423 g/mol. The summed E-state index contributed by atoms with van der Waals surface area (Å²) in [6.07, 6.45) is 5.42. The van der Waals surface area contributed by atoms with E-state index in [2.05, 4.69) is 14.9 Å². The number of hydrogen-bond donors (Lipinski definition) is 0. The fourth-order valence-electron chi connectivity index (χ4n) is 4.54. The van der Waals surface area contributed by atoms with E-state index in [1.165, 1.54) is 4.90 Å². The molecular formula is C23H29N5O3. The molecule has 0 radical (unpaired) electrons. The first-order valence-electron chi connectivity index (χ1n) is 10.8. The van der Waals surface area contributed by atoms with Gasteiger partial charge in [0.1, 0.15) is 5.54 Å². The van der Waals surface area contributed by atoms with Crippen molar-refractivity contribution in [3.05, 3.63) is 60.2 Å². The number of amides is 3. The average Bonchev–Trinajstić information content (AvgIpc) is 2.99. The zero-order chi connectivity index (χ0) is 21.7. The van der Waals surface area contributed by atoms with Gasteiger partial charge in [0.25, 0.3) is 5.91 Å². The maximum Gasteiger partial charge on any atom is 0.328 e. The number of carbonyl (C=O) groups excluding carboxylic acids is 2. The minimum atomic E-state index is -0.778. The average molecular weight is 424 g/mol. The second kappa shape index (κ2) is 9.53. The first-order chi connectivity index (χ1) is 15.1. The van der Waals surface area contributed by atoms with Crippen molar-refractivity contribution >= 4 is 11.9 Å². The van der Waals surface area contributed by atoms with Crippen molar-refractivity contribution in [3.8, 4) is 0 Å². The number of methoxy groups -OCH3 is 1. The normalized spacial score (nSPS) is 18.9. The fraction of sp³-hybridized carbons (Fsp3) is 0.478. The highest BCUT2D eigenvalue weighted by Crippen LogP contribution is 2.38. The SMILES string of the molecule is COCCCN1C(=O)N(Cc2ccccn2)C(=O)C12CCN(Cc1ccccn1)CC2. The number of ether oxygens (including phenoxy) is 1. The van der Waals surface area contributed by atoms with E-state index in [1.54, 1.807) is 24.4 Å². The van der Waals surface area contributed by atoms with Crippen LogP contribution in [0.25, 0.3) is 0 Å². The number of urea groups is 1. The van der Waals surface area contributed by atoms with E-state index in [4.69, 9.17) is 4.74 Å². The molecule has 3 amide bonds. The third-order valence-corrected chi connectivity index (χ3v) is 6.19. The van der Waals surface area contributed by atoms with E-state index >= 15 is 0 Å². The summed E-state index contributed by atoms with van der Waals surface area (Å²) in [5.41, 5.74) is 0.951. The van der Waals surface area contributed by atoms with Gasteiger partial charge in [-0.25, -0.2) is 4.79 Å². The van der Waals surface area contributed by atoms with Crippen LogP contribution in [0.5, 0.6) is 0 Å². The summed E-state index contributed by atoms with van der Waals surface area (Å²) in [6, 6.07) is 11.2. The molecule has 8 nitrogen and oxygen atoms in total. The van der Waals surface area contributed by atoms with Crippen LogP contribution in [-0.4, -0.2) is 75.5 Å². The maximum absolute atomic E-state index is 13.6. The Morgan fingerprint density at radius 3 is 2.19 bits per heavy atom. The molecule has 0 saturated carbocycles. The van der Waals surface area contributed by atoms with Gasteiger partial charge in [0.2, 0.25) is 0 Å². The molecule has 4 heterocycles. The summed E-state index contributed by atoms with van der Waals surface area (Å²) >= 11 is 0. The Morgan fingerprint density at radius 1 is 0.968 bits per heavy atom. The number of rotatable bonds is 8. The third-order valence-electron chi connectivity index (χ3n) is 6.19. The van der Waals surface area contributed by atoms with Crippen LogP contribution in [0.3, 0.4) is 0 Å². The first kappa shape index (κ1) is 21.4. The lowest BCUT2D eigenvalue weighted by Crippen LogP contribution is -2.56. The van der Waals surface area contributed by atoms with Crippen molar-refractivity contribution in [2.75, 3.05) is 33.4 Å². The van der Waals surface area contributed by atoms with Crippen molar-refractivity contribution in [2.24, 2.45) is 0 Å². The lowest BCUT2D eigenvalue weighted by Gasteiger charge is -2.42. The molecule has 31 heavy (non-hydrogen) atoms. The summed E-state index contributed by atoms with van der Waals surface area (Å²) in [5, 5.41) is 0. The molecule has 2 aliphatic rings. The van der Waals surface area contributed by atoms with Gasteiger partial charge >= 0.3 is 6.03 Å². The number of pyridine rings is 2.